The third kappa shape index (κ3) is 2.72. The van der Waals surface area contributed by atoms with Crippen molar-refractivity contribution in [2.24, 2.45) is 5.73 Å². The maximum absolute atomic E-state index is 12.6. The van der Waals surface area contributed by atoms with Crippen LogP contribution < -0.4 is 5.73 Å². The molecule has 1 saturated heterocycles. The van der Waals surface area contributed by atoms with Gasteiger partial charge in [-0.25, -0.2) is 0 Å². The Bertz CT molecular complexity index is 666. The van der Waals surface area contributed by atoms with Crippen LogP contribution in [0.2, 0.25) is 0 Å². The first-order valence-corrected chi connectivity index (χ1v) is 7.75. The SMILES string of the molecule is COCC(N)C(=O)N1CCCC1c1cccc2ccccc12. The second-order valence-corrected chi connectivity index (χ2v) is 5.82. The van der Waals surface area contributed by atoms with E-state index in [-0.39, 0.29) is 18.6 Å². The van der Waals surface area contributed by atoms with Crippen molar-refractivity contribution in [1.29, 1.82) is 0 Å². The summed E-state index contributed by atoms with van der Waals surface area (Å²) in [5.74, 6) is -0.0164. The lowest BCUT2D eigenvalue weighted by molar-refractivity contribution is -0.134. The summed E-state index contributed by atoms with van der Waals surface area (Å²) in [4.78, 5) is 14.5. The van der Waals surface area contributed by atoms with E-state index in [1.165, 1.54) is 16.3 Å². The summed E-state index contributed by atoms with van der Waals surface area (Å²) < 4.78 is 5.02. The molecule has 0 bridgehead atoms. The standard InChI is InChI=1S/C18H22N2O2/c1-22-12-16(19)18(21)20-11-5-10-17(20)15-9-4-7-13-6-2-3-8-14(13)15/h2-4,6-9,16-17H,5,10-12,19H2,1H3. The van der Waals surface area contributed by atoms with E-state index < -0.39 is 6.04 Å². The van der Waals surface area contributed by atoms with Crippen molar-refractivity contribution in [1.82, 2.24) is 4.90 Å². The van der Waals surface area contributed by atoms with E-state index in [1.807, 2.05) is 17.0 Å². The average Bonchev–Trinajstić information content (AvgIpc) is 3.03. The van der Waals surface area contributed by atoms with Gasteiger partial charge in [-0.1, -0.05) is 42.5 Å². The van der Waals surface area contributed by atoms with Crippen molar-refractivity contribution in [3.8, 4) is 0 Å². The molecule has 2 aromatic rings. The number of methoxy groups -OCH3 is 1. The summed E-state index contributed by atoms with van der Waals surface area (Å²) >= 11 is 0. The molecule has 1 aliphatic rings. The highest BCUT2D eigenvalue weighted by Crippen LogP contribution is 2.36. The number of amides is 1. The van der Waals surface area contributed by atoms with Crippen molar-refractivity contribution in [3.63, 3.8) is 0 Å². The van der Waals surface area contributed by atoms with Gasteiger partial charge in [-0.2, -0.15) is 0 Å². The second-order valence-electron chi connectivity index (χ2n) is 5.82. The molecule has 2 aromatic carbocycles. The average molecular weight is 298 g/mol. The van der Waals surface area contributed by atoms with Gasteiger partial charge in [-0.15, -0.1) is 0 Å². The van der Waals surface area contributed by atoms with Crippen molar-refractivity contribution < 1.29 is 9.53 Å². The molecule has 2 N–H and O–H groups in total. The van der Waals surface area contributed by atoms with E-state index in [2.05, 4.69) is 30.3 Å². The van der Waals surface area contributed by atoms with Crippen molar-refractivity contribution in [3.05, 3.63) is 48.0 Å². The number of benzene rings is 2. The van der Waals surface area contributed by atoms with Gasteiger partial charge < -0.3 is 15.4 Å². The molecule has 1 heterocycles. The van der Waals surface area contributed by atoms with Crippen LogP contribution in [0.3, 0.4) is 0 Å². The molecule has 0 aliphatic carbocycles. The van der Waals surface area contributed by atoms with Gasteiger partial charge in [-0.05, 0) is 29.2 Å². The maximum atomic E-state index is 12.6. The molecule has 0 radical (unpaired) electrons. The number of hydrogen-bond acceptors (Lipinski definition) is 3. The fourth-order valence-electron chi connectivity index (χ4n) is 3.36. The summed E-state index contributed by atoms with van der Waals surface area (Å²) in [5, 5.41) is 2.43. The number of hydrogen-bond donors (Lipinski definition) is 1. The summed E-state index contributed by atoms with van der Waals surface area (Å²) in [6, 6.07) is 14.1. The van der Waals surface area contributed by atoms with Crippen LogP contribution in [0.5, 0.6) is 0 Å². The van der Waals surface area contributed by atoms with Gasteiger partial charge >= 0.3 is 0 Å². The highest BCUT2D eigenvalue weighted by molar-refractivity contribution is 5.88. The first-order valence-electron chi connectivity index (χ1n) is 7.75. The second kappa shape index (κ2) is 6.46. The zero-order valence-electron chi connectivity index (χ0n) is 12.9. The fourth-order valence-corrected chi connectivity index (χ4v) is 3.36. The number of carbonyl (C=O) groups is 1. The molecule has 4 heteroatoms. The molecule has 0 aromatic heterocycles. The van der Waals surface area contributed by atoms with E-state index in [0.29, 0.717) is 0 Å². The van der Waals surface area contributed by atoms with Gasteiger partial charge in [0.15, 0.2) is 0 Å². The Morgan fingerprint density at radius 1 is 1.32 bits per heavy atom. The molecule has 0 spiro atoms. The first kappa shape index (κ1) is 15.0. The van der Waals surface area contributed by atoms with Gasteiger partial charge in [0.1, 0.15) is 6.04 Å². The highest BCUT2D eigenvalue weighted by atomic mass is 16.5. The van der Waals surface area contributed by atoms with Crippen LogP contribution in [-0.2, 0) is 9.53 Å². The molecule has 3 rings (SSSR count). The summed E-state index contributed by atoms with van der Waals surface area (Å²) in [7, 11) is 1.57. The predicted octanol–water partition coefficient (Wildman–Crippen LogP) is 2.48. The number of nitrogens with zero attached hydrogens (tertiary/aromatic N) is 1. The van der Waals surface area contributed by atoms with E-state index in [9.17, 15) is 4.79 Å². The minimum absolute atomic E-state index is 0.0164. The molecule has 4 nitrogen and oxygen atoms in total. The normalized spacial score (nSPS) is 19.5. The Balaban J connectivity index is 1.94. The maximum Gasteiger partial charge on any atom is 0.242 e. The van der Waals surface area contributed by atoms with Crippen LogP contribution in [0.1, 0.15) is 24.4 Å². The van der Waals surface area contributed by atoms with Crippen LogP contribution >= 0.6 is 0 Å². The number of carbonyl (C=O) groups excluding carboxylic acids is 1. The molecule has 0 saturated carbocycles. The van der Waals surface area contributed by atoms with Crippen molar-refractivity contribution in [2.45, 2.75) is 24.9 Å². The Morgan fingerprint density at radius 3 is 2.91 bits per heavy atom. The van der Waals surface area contributed by atoms with E-state index in [1.54, 1.807) is 7.11 Å². The fraction of sp³-hybridized carbons (Fsp3) is 0.389. The minimum Gasteiger partial charge on any atom is -0.383 e. The van der Waals surface area contributed by atoms with Crippen LogP contribution in [0.25, 0.3) is 10.8 Å². The molecule has 1 aliphatic heterocycles. The van der Waals surface area contributed by atoms with Gasteiger partial charge in [0.05, 0.1) is 12.6 Å². The molecule has 2 atom stereocenters. The number of rotatable bonds is 4. The van der Waals surface area contributed by atoms with Crippen LogP contribution in [0.4, 0.5) is 0 Å². The van der Waals surface area contributed by atoms with Crippen LogP contribution in [0, 0.1) is 0 Å². The number of nitrogens with two attached hydrogens (primary N) is 1. The van der Waals surface area contributed by atoms with E-state index in [0.717, 1.165) is 19.4 Å². The van der Waals surface area contributed by atoms with Crippen molar-refractivity contribution >= 4 is 16.7 Å². The number of ether oxygens (including phenoxy) is 1. The van der Waals surface area contributed by atoms with E-state index in [4.69, 9.17) is 10.5 Å². The Morgan fingerprint density at radius 2 is 2.09 bits per heavy atom. The topological polar surface area (TPSA) is 55.6 Å². The molecule has 1 amide bonds. The molecular weight excluding hydrogens is 276 g/mol. The third-order valence-electron chi connectivity index (χ3n) is 4.38. The molecule has 22 heavy (non-hydrogen) atoms. The van der Waals surface area contributed by atoms with Gasteiger partial charge in [0.2, 0.25) is 5.91 Å². The van der Waals surface area contributed by atoms with Crippen molar-refractivity contribution in [2.75, 3.05) is 20.3 Å². The Kier molecular flexibility index (Phi) is 4.41. The molecule has 2 unspecified atom stereocenters. The van der Waals surface area contributed by atoms with E-state index >= 15 is 0 Å². The quantitative estimate of drug-likeness (QED) is 0.943. The van der Waals surface area contributed by atoms with Crippen LogP contribution in [-0.4, -0.2) is 37.1 Å². The summed E-state index contributed by atoms with van der Waals surface area (Å²) in [5.41, 5.74) is 7.16. The van der Waals surface area contributed by atoms with Gasteiger partial charge in [0, 0.05) is 13.7 Å². The predicted molar refractivity (Wildman–Crippen MR) is 87.5 cm³/mol. The molecule has 1 fully saturated rings. The largest absolute Gasteiger partial charge is 0.383 e. The van der Waals surface area contributed by atoms with Crippen LogP contribution in [0.15, 0.2) is 42.5 Å². The third-order valence-corrected chi connectivity index (χ3v) is 4.38. The van der Waals surface area contributed by atoms with Gasteiger partial charge in [-0.3, -0.25) is 4.79 Å². The first-order chi connectivity index (χ1) is 10.7. The number of fused-ring (bicyclic) bond motifs is 1. The minimum atomic E-state index is -0.583. The lowest BCUT2D eigenvalue weighted by Crippen LogP contribution is -2.45. The molecule has 116 valence electrons. The Labute approximate surface area is 130 Å². The summed E-state index contributed by atoms with van der Waals surface area (Å²) in [6.07, 6.45) is 2.00. The lowest BCUT2D eigenvalue weighted by Gasteiger charge is -2.28. The van der Waals surface area contributed by atoms with Gasteiger partial charge in [0.25, 0.3) is 0 Å². The zero-order valence-corrected chi connectivity index (χ0v) is 12.9. The number of likely N-dealkylation sites (tertiary alicyclic amines) is 1. The Hall–Kier alpha value is -1.91. The lowest BCUT2D eigenvalue weighted by atomic mass is 9.97. The zero-order chi connectivity index (χ0) is 15.5. The monoisotopic (exact) mass is 298 g/mol. The molecular formula is C18H22N2O2. The highest BCUT2D eigenvalue weighted by Gasteiger charge is 2.33. The smallest absolute Gasteiger partial charge is 0.242 e. The summed E-state index contributed by atoms with van der Waals surface area (Å²) in [6.45, 7) is 1.03.